The number of nitro groups is 1. The van der Waals surface area contributed by atoms with Crippen molar-refractivity contribution in [2.24, 2.45) is 5.73 Å². The summed E-state index contributed by atoms with van der Waals surface area (Å²) in [6.07, 6.45) is 1.54. The van der Waals surface area contributed by atoms with Crippen LogP contribution in [-0.4, -0.2) is 17.4 Å². The molecule has 1 aromatic rings. The molecule has 0 saturated carbocycles. The summed E-state index contributed by atoms with van der Waals surface area (Å²) in [6.45, 7) is 2.00. The molecule has 0 aliphatic heterocycles. The van der Waals surface area contributed by atoms with Crippen molar-refractivity contribution in [3.05, 3.63) is 33.6 Å². The first kappa shape index (κ1) is 14.9. The van der Waals surface area contributed by atoms with E-state index in [4.69, 9.17) is 5.73 Å². The fourth-order valence-electron chi connectivity index (χ4n) is 1.61. The Kier molecular flexibility index (Phi) is 5.23. The molecule has 6 nitrogen and oxygen atoms in total. The number of unbranched alkanes of at least 4 members (excludes halogenated alkanes) is 1. The summed E-state index contributed by atoms with van der Waals surface area (Å²) in [7, 11) is 0. The summed E-state index contributed by atoms with van der Waals surface area (Å²) < 4.78 is 13.3. The molecule has 0 atom stereocenters. The van der Waals surface area contributed by atoms with Crippen LogP contribution in [0.15, 0.2) is 12.1 Å². The Labute approximate surface area is 109 Å². The molecule has 1 amide bonds. The first-order valence-electron chi connectivity index (χ1n) is 5.88. The van der Waals surface area contributed by atoms with E-state index in [0.29, 0.717) is 24.9 Å². The van der Waals surface area contributed by atoms with Gasteiger partial charge in [0, 0.05) is 13.0 Å². The number of anilines is 1. The first-order valence-corrected chi connectivity index (χ1v) is 5.88. The van der Waals surface area contributed by atoms with E-state index in [1.165, 1.54) is 13.0 Å². The SMILES string of the molecule is Cc1cc(NCCCCC(N)=O)c([N+](=O)[O-])cc1F. The predicted octanol–water partition coefficient (Wildman–Crippen LogP) is 2.11. The Morgan fingerprint density at radius 1 is 1.47 bits per heavy atom. The van der Waals surface area contributed by atoms with Crippen LogP contribution in [0.1, 0.15) is 24.8 Å². The van der Waals surface area contributed by atoms with Gasteiger partial charge in [-0.25, -0.2) is 4.39 Å². The van der Waals surface area contributed by atoms with E-state index in [0.717, 1.165) is 6.07 Å². The number of nitro benzene ring substituents is 1. The number of rotatable bonds is 7. The number of benzene rings is 1. The number of primary amides is 1. The third kappa shape index (κ3) is 4.53. The smallest absolute Gasteiger partial charge is 0.295 e. The van der Waals surface area contributed by atoms with Crippen LogP contribution in [0.4, 0.5) is 15.8 Å². The van der Waals surface area contributed by atoms with Crippen molar-refractivity contribution < 1.29 is 14.1 Å². The predicted molar refractivity (Wildman–Crippen MR) is 69.3 cm³/mol. The number of nitrogens with zero attached hydrogens (tertiary/aromatic N) is 1. The van der Waals surface area contributed by atoms with Crippen molar-refractivity contribution in [2.75, 3.05) is 11.9 Å². The summed E-state index contributed by atoms with van der Waals surface area (Å²) in [6, 6.07) is 2.31. The largest absolute Gasteiger partial charge is 0.379 e. The highest BCUT2D eigenvalue weighted by Crippen LogP contribution is 2.27. The highest BCUT2D eigenvalue weighted by atomic mass is 19.1. The molecule has 7 heteroatoms. The third-order valence-corrected chi connectivity index (χ3v) is 2.64. The maximum absolute atomic E-state index is 13.3. The fourth-order valence-corrected chi connectivity index (χ4v) is 1.61. The Bertz CT molecular complexity index is 491. The molecule has 0 aliphatic carbocycles. The molecule has 0 bridgehead atoms. The number of nitrogens with one attached hydrogen (secondary N) is 1. The molecule has 104 valence electrons. The van der Waals surface area contributed by atoms with Crippen LogP contribution >= 0.6 is 0 Å². The van der Waals surface area contributed by atoms with Gasteiger partial charge in [-0.1, -0.05) is 0 Å². The Morgan fingerprint density at radius 2 is 2.16 bits per heavy atom. The van der Waals surface area contributed by atoms with E-state index < -0.39 is 10.7 Å². The van der Waals surface area contributed by atoms with Crippen LogP contribution in [0, 0.1) is 22.9 Å². The minimum atomic E-state index is -0.631. The van der Waals surface area contributed by atoms with E-state index in [2.05, 4.69) is 5.32 Å². The van der Waals surface area contributed by atoms with Gasteiger partial charge in [-0.15, -0.1) is 0 Å². The Morgan fingerprint density at radius 3 is 2.74 bits per heavy atom. The summed E-state index contributed by atoms with van der Waals surface area (Å²) in [4.78, 5) is 20.7. The van der Waals surface area contributed by atoms with Gasteiger partial charge in [-0.05, 0) is 31.4 Å². The number of carbonyl (C=O) groups excluding carboxylic acids is 1. The Balaban J connectivity index is 2.64. The van der Waals surface area contributed by atoms with E-state index in [9.17, 15) is 19.3 Å². The molecule has 0 spiro atoms. The third-order valence-electron chi connectivity index (χ3n) is 2.64. The van der Waals surface area contributed by atoms with Gasteiger partial charge < -0.3 is 11.1 Å². The van der Waals surface area contributed by atoms with Crippen LogP contribution in [-0.2, 0) is 4.79 Å². The molecule has 1 aromatic carbocycles. The van der Waals surface area contributed by atoms with Crippen molar-refractivity contribution in [2.45, 2.75) is 26.2 Å². The number of hydrogen-bond donors (Lipinski definition) is 2. The van der Waals surface area contributed by atoms with E-state index in [1.807, 2.05) is 0 Å². The minimum absolute atomic E-state index is 0.281. The minimum Gasteiger partial charge on any atom is -0.379 e. The lowest BCUT2D eigenvalue weighted by molar-refractivity contribution is -0.384. The van der Waals surface area contributed by atoms with Gasteiger partial charge in [0.25, 0.3) is 5.69 Å². The van der Waals surface area contributed by atoms with Gasteiger partial charge in [0.15, 0.2) is 0 Å². The normalized spacial score (nSPS) is 10.2. The lowest BCUT2D eigenvalue weighted by Gasteiger charge is -2.08. The van der Waals surface area contributed by atoms with Crippen molar-refractivity contribution >= 4 is 17.3 Å². The molecule has 0 aliphatic rings. The maximum Gasteiger partial charge on any atom is 0.295 e. The van der Waals surface area contributed by atoms with Gasteiger partial charge in [0.1, 0.15) is 11.5 Å². The summed E-state index contributed by atoms with van der Waals surface area (Å²) in [5.41, 5.74) is 5.32. The lowest BCUT2D eigenvalue weighted by atomic mass is 10.1. The topological polar surface area (TPSA) is 98.3 Å². The molecular weight excluding hydrogens is 253 g/mol. The fraction of sp³-hybridized carbons (Fsp3) is 0.417. The number of nitrogens with two attached hydrogens (primary N) is 1. The van der Waals surface area contributed by atoms with Crippen LogP contribution in [0.3, 0.4) is 0 Å². The van der Waals surface area contributed by atoms with E-state index >= 15 is 0 Å². The highest BCUT2D eigenvalue weighted by Gasteiger charge is 2.16. The lowest BCUT2D eigenvalue weighted by Crippen LogP contribution is -2.11. The molecule has 0 radical (unpaired) electrons. The zero-order chi connectivity index (χ0) is 14.4. The van der Waals surface area contributed by atoms with Gasteiger partial charge in [0.2, 0.25) is 5.91 Å². The molecule has 0 aromatic heterocycles. The van der Waals surface area contributed by atoms with Crippen molar-refractivity contribution in [3.8, 4) is 0 Å². The number of hydrogen-bond acceptors (Lipinski definition) is 4. The summed E-state index contributed by atoms with van der Waals surface area (Å²) >= 11 is 0. The summed E-state index contributed by atoms with van der Waals surface area (Å²) in [5.74, 6) is -0.977. The van der Waals surface area contributed by atoms with Crippen molar-refractivity contribution in [1.29, 1.82) is 0 Å². The quantitative estimate of drug-likeness (QED) is 0.450. The molecule has 0 unspecified atom stereocenters. The molecule has 0 saturated heterocycles. The van der Waals surface area contributed by atoms with E-state index in [1.54, 1.807) is 0 Å². The number of aryl methyl sites for hydroxylation is 1. The van der Waals surface area contributed by atoms with Crippen LogP contribution in [0.2, 0.25) is 0 Å². The second kappa shape index (κ2) is 6.67. The standard InChI is InChI=1S/C12H16FN3O3/c1-8-6-10(11(16(18)19)7-9(8)13)15-5-3-2-4-12(14)17/h6-7,15H,2-5H2,1H3,(H2,14,17). The second-order valence-electron chi connectivity index (χ2n) is 4.23. The van der Waals surface area contributed by atoms with Crippen LogP contribution in [0.25, 0.3) is 0 Å². The molecule has 3 N–H and O–H groups in total. The first-order chi connectivity index (χ1) is 8.91. The van der Waals surface area contributed by atoms with Crippen LogP contribution in [0.5, 0.6) is 0 Å². The average Bonchev–Trinajstić information content (AvgIpc) is 2.32. The number of halogens is 1. The highest BCUT2D eigenvalue weighted by molar-refractivity contribution is 5.73. The van der Waals surface area contributed by atoms with Gasteiger partial charge in [-0.2, -0.15) is 0 Å². The molecule has 1 rings (SSSR count). The van der Waals surface area contributed by atoms with Crippen molar-refractivity contribution in [3.63, 3.8) is 0 Å². The van der Waals surface area contributed by atoms with E-state index in [-0.39, 0.29) is 23.7 Å². The average molecular weight is 269 g/mol. The van der Waals surface area contributed by atoms with Crippen LogP contribution < -0.4 is 11.1 Å². The number of amides is 1. The zero-order valence-electron chi connectivity index (χ0n) is 10.6. The molecular formula is C12H16FN3O3. The molecule has 0 fully saturated rings. The van der Waals surface area contributed by atoms with Gasteiger partial charge in [0.05, 0.1) is 11.0 Å². The maximum atomic E-state index is 13.3. The van der Waals surface area contributed by atoms with Gasteiger partial charge >= 0.3 is 0 Å². The summed E-state index contributed by atoms with van der Waals surface area (Å²) in [5, 5.41) is 13.7. The zero-order valence-corrected chi connectivity index (χ0v) is 10.6. The van der Waals surface area contributed by atoms with Gasteiger partial charge in [-0.3, -0.25) is 14.9 Å². The molecule has 0 heterocycles. The molecule has 19 heavy (non-hydrogen) atoms. The Hall–Kier alpha value is -2.18. The van der Waals surface area contributed by atoms with Crippen molar-refractivity contribution in [1.82, 2.24) is 0 Å². The number of carbonyl (C=O) groups is 1. The monoisotopic (exact) mass is 269 g/mol. The second-order valence-corrected chi connectivity index (χ2v) is 4.23.